The molecule has 0 unspecified atom stereocenters. The van der Waals surface area contributed by atoms with Gasteiger partial charge in [-0.1, -0.05) is 55.9 Å². The number of carbonyl (C=O) groups is 1. The van der Waals surface area contributed by atoms with Crippen LogP contribution in [-0.2, 0) is 28.9 Å². The Labute approximate surface area is 167 Å². The molecule has 0 fully saturated rings. The second-order valence-corrected chi connectivity index (χ2v) is 9.15. The SMILES string of the molecule is CC[C@H](Sc1nc2c(c(=O)n1CCc1ccccc1)S[C@@H](C)C2)C(=O)OC. The van der Waals surface area contributed by atoms with Crippen LogP contribution in [0.2, 0.25) is 0 Å². The Kier molecular flexibility index (Phi) is 6.65. The number of ether oxygens (including phenoxy) is 1. The number of hydrogen-bond acceptors (Lipinski definition) is 6. The molecule has 7 heteroatoms. The van der Waals surface area contributed by atoms with E-state index in [1.54, 1.807) is 16.3 Å². The fraction of sp³-hybridized carbons (Fsp3) is 0.450. The van der Waals surface area contributed by atoms with E-state index in [9.17, 15) is 9.59 Å². The molecule has 1 aromatic heterocycles. The molecule has 2 aromatic rings. The van der Waals surface area contributed by atoms with E-state index in [1.807, 2.05) is 25.1 Å². The first kappa shape index (κ1) is 20.0. The molecule has 0 saturated heterocycles. The van der Waals surface area contributed by atoms with Gasteiger partial charge >= 0.3 is 5.97 Å². The third kappa shape index (κ3) is 4.58. The average Bonchev–Trinajstić information content (AvgIpc) is 3.06. The van der Waals surface area contributed by atoms with Crippen LogP contribution in [0.15, 0.2) is 45.2 Å². The molecule has 0 saturated carbocycles. The highest BCUT2D eigenvalue weighted by Gasteiger charge is 2.28. The van der Waals surface area contributed by atoms with Gasteiger partial charge in [-0.25, -0.2) is 4.98 Å². The largest absolute Gasteiger partial charge is 0.468 e. The molecular weight excluding hydrogens is 380 g/mol. The van der Waals surface area contributed by atoms with Gasteiger partial charge in [0.25, 0.3) is 5.56 Å². The molecule has 2 atom stereocenters. The van der Waals surface area contributed by atoms with E-state index >= 15 is 0 Å². The molecule has 0 radical (unpaired) electrons. The van der Waals surface area contributed by atoms with Crippen molar-refractivity contribution in [1.82, 2.24) is 9.55 Å². The fourth-order valence-corrected chi connectivity index (χ4v) is 5.26. The molecule has 1 aliphatic rings. The molecule has 0 amide bonds. The van der Waals surface area contributed by atoms with Gasteiger partial charge in [0.1, 0.15) is 5.25 Å². The lowest BCUT2D eigenvalue weighted by Gasteiger charge is -2.17. The van der Waals surface area contributed by atoms with E-state index in [-0.39, 0.29) is 16.8 Å². The van der Waals surface area contributed by atoms with E-state index < -0.39 is 0 Å². The molecule has 2 heterocycles. The van der Waals surface area contributed by atoms with Crippen LogP contribution < -0.4 is 5.56 Å². The smallest absolute Gasteiger partial charge is 0.319 e. The number of methoxy groups -OCH3 is 1. The lowest BCUT2D eigenvalue weighted by atomic mass is 10.1. The van der Waals surface area contributed by atoms with Crippen molar-refractivity contribution in [2.45, 2.75) is 60.2 Å². The third-order valence-corrected chi connectivity index (χ3v) is 7.06. The lowest BCUT2D eigenvalue weighted by Crippen LogP contribution is -2.28. The maximum Gasteiger partial charge on any atom is 0.319 e. The summed E-state index contributed by atoms with van der Waals surface area (Å²) >= 11 is 2.93. The number of benzene rings is 1. The first-order chi connectivity index (χ1) is 13.0. The zero-order valence-corrected chi connectivity index (χ0v) is 17.4. The van der Waals surface area contributed by atoms with Crippen LogP contribution in [0.1, 0.15) is 31.5 Å². The number of hydrogen-bond donors (Lipinski definition) is 0. The molecule has 1 aliphatic heterocycles. The maximum absolute atomic E-state index is 13.1. The molecule has 0 bridgehead atoms. The number of aromatic nitrogens is 2. The van der Waals surface area contributed by atoms with Crippen molar-refractivity contribution in [3.05, 3.63) is 51.9 Å². The molecule has 5 nitrogen and oxygen atoms in total. The van der Waals surface area contributed by atoms with E-state index in [0.717, 1.165) is 23.4 Å². The van der Waals surface area contributed by atoms with Gasteiger partial charge in [0.05, 0.1) is 17.7 Å². The van der Waals surface area contributed by atoms with Crippen LogP contribution >= 0.6 is 23.5 Å². The topological polar surface area (TPSA) is 61.2 Å². The molecule has 1 aromatic carbocycles. The summed E-state index contributed by atoms with van der Waals surface area (Å²) in [6.07, 6.45) is 2.15. The maximum atomic E-state index is 13.1. The second-order valence-electron chi connectivity index (χ2n) is 6.53. The van der Waals surface area contributed by atoms with Gasteiger partial charge in [-0.15, -0.1) is 11.8 Å². The molecule has 0 aliphatic carbocycles. The van der Waals surface area contributed by atoms with Crippen LogP contribution in [0, 0.1) is 0 Å². The first-order valence-electron chi connectivity index (χ1n) is 9.12. The molecule has 144 valence electrons. The Balaban J connectivity index is 1.94. The third-order valence-electron chi connectivity index (χ3n) is 4.51. The first-order valence-corrected chi connectivity index (χ1v) is 10.9. The van der Waals surface area contributed by atoms with Crippen molar-refractivity contribution in [2.24, 2.45) is 0 Å². The lowest BCUT2D eigenvalue weighted by molar-refractivity contribution is -0.140. The number of rotatable bonds is 7. The number of thioether (sulfide) groups is 2. The summed E-state index contributed by atoms with van der Waals surface area (Å²) in [5.74, 6) is -0.283. The van der Waals surface area contributed by atoms with Gasteiger partial charge < -0.3 is 4.74 Å². The van der Waals surface area contributed by atoms with Crippen molar-refractivity contribution >= 4 is 29.5 Å². The number of carbonyl (C=O) groups excluding carboxylic acids is 1. The van der Waals surface area contributed by atoms with Crippen molar-refractivity contribution in [2.75, 3.05) is 7.11 Å². The minimum atomic E-state index is -0.366. The summed E-state index contributed by atoms with van der Waals surface area (Å²) in [4.78, 5) is 30.7. The standard InChI is InChI=1S/C20H24N2O3S2/c1-4-16(19(24)25-3)27-20-21-15-12-13(2)26-17(15)18(23)22(20)11-10-14-8-6-5-7-9-14/h5-9,13,16H,4,10-12H2,1-3H3/t13-,16-/m0/s1. The summed E-state index contributed by atoms with van der Waals surface area (Å²) < 4.78 is 6.63. The van der Waals surface area contributed by atoms with E-state index in [1.165, 1.54) is 24.4 Å². The van der Waals surface area contributed by atoms with Crippen molar-refractivity contribution < 1.29 is 9.53 Å². The molecule has 0 spiro atoms. The minimum absolute atomic E-state index is 0.00694. The van der Waals surface area contributed by atoms with Crippen molar-refractivity contribution in [3.63, 3.8) is 0 Å². The Bertz CT molecular complexity index is 868. The van der Waals surface area contributed by atoms with Gasteiger partial charge in [0.15, 0.2) is 5.16 Å². The second kappa shape index (κ2) is 8.97. The molecule has 27 heavy (non-hydrogen) atoms. The van der Waals surface area contributed by atoms with Crippen LogP contribution in [0.3, 0.4) is 0 Å². The summed E-state index contributed by atoms with van der Waals surface area (Å²) in [6.45, 7) is 4.58. The Hall–Kier alpha value is -1.73. The summed E-state index contributed by atoms with van der Waals surface area (Å²) in [6, 6.07) is 10.1. The monoisotopic (exact) mass is 404 g/mol. The van der Waals surface area contributed by atoms with Crippen LogP contribution in [0.25, 0.3) is 0 Å². The summed E-state index contributed by atoms with van der Waals surface area (Å²) in [5, 5.41) is 0.599. The highest BCUT2D eigenvalue weighted by Crippen LogP contribution is 2.35. The zero-order chi connectivity index (χ0) is 19.4. The van der Waals surface area contributed by atoms with Crippen LogP contribution in [0.4, 0.5) is 0 Å². The minimum Gasteiger partial charge on any atom is -0.468 e. The Morgan fingerprint density at radius 2 is 2.15 bits per heavy atom. The highest BCUT2D eigenvalue weighted by atomic mass is 32.2. The van der Waals surface area contributed by atoms with Crippen LogP contribution in [-0.4, -0.2) is 33.1 Å². The highest BCUT2D eigenvalue weighted by molar-refractivity contribution is 8.00. The van der Waals surface area contributed by atoms with E-state index in [4.69, 9.17) is 9.72 Å². The number of fused-ring (bicyclic) bond motifs is 1. The molecular formula is C20H24N2O3S2. The number of nitrogens with zero attached hydrogens (tertiary/aromatic N) is 2. The predicted molar refractivity (Wildman–Crippen MR) is 110 cm³/mol. The van der Waals surface area contributed by atoms with Crippen molar-refractivity contribution in [3.8, 4) is 0 Å². The normalized spacial score (nSPS) is 16.8. The quantitative estimate of drug-likeness (QED) is 0.399. The van der Waals surface area contributed by atoms with E-state index in [0.29, 0.717) is 23.4 Å². The Morgan fingerprint density at radius 3 is 2.81 bits per heavy atom. The zero-order valence-electron chi connectivity index (χ0n) is 15.8. The van der Waals surface area contributed by atoms with Crippen molar-refractivity contribution in [1.29, 1.82) is 0 Å². The predicted octanol–water partition coefficient (Wildman–Crippen LogP) is 3.57. The van der Waals surface area contributed by atoms with Gasteiger partial charge in [-0.05, 0) is 18.4 Å². The van der Waals surface area contributed by atoms with Gasteiger partial charge in [-0.2, -0.15) is 0 Å². The van der Waals surface area contributed by atoms with Crippen LogP contribution in [0.5, 0.6) is 0 Å². The average molecular weight is 405 g/mol. The molecule has 0 N–H and O–H groups in total. The van der Waals surface area contributed by atoms with Gasteiger partial charge in [0, 0.05) is 18.2 Å². The fourth-order valence-electron chi connectivity index (χ4n) is 3.06. The summed E-state index contributed by atoms with van der Waals surface area (Å²) in [7, 11) is 1.39. The van der Waals surface area contributed by atoms with Gasteiger partial charge in [0.2, 0.25) is 0 Å². The van der Waals surface area contributed by atoms with E-state index in [2.05, 4.69) is 19.1 Å². The van der Waals surface area contributed by atoms with Gasteiger partial charge in [-0.3, -0.25) is 14.2 Å². The number of aryl methyl sites for hydroxylation is 1. The Morgan fingerprint density at radius 1 is 1.41 bits per heavy atom. The number of esters is 1. The summed E-state index contributed by atoms with van der Waals surface area (Å²) in [5.41, 5.74) is 2.03. The molecule has 3 rings (SSSR count).